The molecule has 1 amide bonds. The number of alkyl halides is 3. The zero-order chi connectivity index (χ0) is 16.4. The molecule has 23 heavy (non-hydrogen) atoms. The summed E-state index contributed by atoms with van der Waals surface area (Å²) in [5.41, 5.74) is 0. The van der Waals surface area contributed by atoms with E-state index in [2.05, 4.69) is 4.98 Å². The first kappa shape index (κ1) is 16.3. The minimum atomic E-state index is -4.18. The molecule has 0 radical (unpaired) electrons. The number of hydrogen-bond donors (Lipinski definition) is 0. The molecule has 7 heteroatoms. The monoisotopic (exact) mass is 329 g/mol. The van der Waals surface area contributed by atoms with Crippen molar-refractivity contribution in [2.24, 2.45) is 11.8 Å². The average Bonchev–Trinajstić information content (AvgIpc) is 3.08. The number of piperidine rings is 1. The summed E-state index contributed by atoms with van der Waals surface area (Å²) in [6, 6.07) is 0.178. The highest BCUT2D eigenvalue weighted by Crippen LogP contribution is 2.40. The Labute approximate surface area is 133 Å². The molecule has 1 aromatic rings. The van der Waals surface area contributed by atoms with E-state index in [1.807, 2.05) is 10.8 Å². The summed E-state index contributed by atoms with van der Waals surface area (Å²) in [4.78, 5) is 18.5. The number of halogens is 3. The molecule has 0 N–H and O–H groups in total. The lowest BCUT2D eigenvalue weighted by Gasteiger charge is -2.37. The number of likely N-dealkylation sites (tertiary alicyclic amines) is 1. The van der Waals surface area contributed by atoms with Crippen molar-refractivity contribution >= 4 is 5.91 Å². The Balaban J connectivity index is 1.63. The fraction of sp³-hybridized carbons (Fsp3) is 0.750. The second-order valence-corrected chi connectivity index (χ2v) is 6.69. The Bertz CT molecular complexity index is 529. The Morgan fingerprint density at radius 3 is 2.70 bits per heavy atom. The minimum Gasteiger partial charge on any atom is -0.340 e. The van der Waals surface area contributed by atoms with Gasteiger partial charge in [-0.2, -0.15) is 13.2 Å². The van der Waals surface area contributed by atoms with E-state index in [1.54, 1.807) is 17.4 Å². The van der Waals surface area contributed by atoms with E-state index in [0.717, 1.165) is 12.8 Å². The molecule has 1 aliphatic heterocycles. The van der Waals surface area contributed by atoms with Crippen molar-refractivity contribution in [3.8, 4) is 0 Å². The van der Waals surface area contributed by atoms with Crippen LogP contribution in [-0.4, -0.2) is 39.6 Å². The number of hydrogen-bond acceptors (Lipinski definition) is 2. The van der Waals surface area contributed by atoms with E-state index >= 15 is 0 Å². The molecule has 0 aromatic carbocycles. The van der Waals surface area contributed by atoms with Crippen molar-refractivity contribution in [2.45, 2.75) is 50.7 Å². The predicted molar refractivity (Wildman–Crippen MR) is 78.6 cm³/mol. The number of carbonyl (C=O) groups excluding carboxylic acids is 1. The van der Waals surface area contributed by atoms with Crippen LogP contribution in [0.5, 0.6) is 0 Å². The summed E-state index contributed by atoms with van der Waals surface area (Å²) in [5.74, 6) is -1.89. The van der Waals surface area contributed by atoms with Gasteiger partial charge in [0, 0.05) is 31.4 Å². The number of aromatic nitrogens is 2. The second kappa shape index (κ2) is 6.53. The van der Waals surface area contributed by atoms with Crippen LogP contribution < -0.4 is 0 Å². The van der Waals surface area contributed by atoms with Crippen LogP contribution in [-0.2, 0) is 4.79 Å². The van der Waals surface area contributed by atoms with Crippen molar-refractivity contribution in [3.05, 3.63) is 18.7 Å². The van der Waals surface area contributed by atoms with Crippen molar-refractivity contribution in [1.82, 2.24) is 14.5 Å². The van der Waals surface area contributed by atoms with Gasteiger partial charge >= 0.3 is 6.18 Å². The Morgan fingerprint density at radius 2 is 2.00 bits per heavy atom. The molecular formula is C16H22F3N3O. The molecular weight excluding hydrogens is 307 g/mol. The van der Waals surface area contributed by atoms with E-state index in [9.17, 15) is 18.0 Å². The van der Waals surface area contributed by atoms with Gasteiger partial charge in [0.05, 0.1) is 18.3 Å². The molecule has 0 spiro atoms. The van der Waals surface area contributed by atoms with Gasteiger partial charge in [0.25, 0.3) is 0 Å². The molecule has 3 rings (SSSR count). The van der Waals surface area contributed by atoms with Crippen molar-refractivity contribution in [3.63, 3.8) is 0 Å². The maximum atomic E-state index is 12.9. The lowest BCUT2D eigenvalue weighted by molar-refractivity contribution is -0.187. The summed E-state index contributed by atoms with van der Waals surface area (Å²) in [6.45, 7) is 1.22. The summed E-state index contributed by atoms with van der Waals surface area (Å²) in [7, 11) is 0. The summed E-state index contributed by atoms with van der Waals surface area (Å²) < 4.78 is 40.8. The van der Waals surface area contributed by atoms with E-state index < -0.39 is 18.0 Å². The first-order valence-corrected chi connectivity index (χ1v) is 8.28. The number of nitrogens with zero attached hydrogens (tertiary/aromatic N) is 3. The lowest BCUT2D eigenvalue weighted by Crippen LogP contribution is -2.45. The highest BCUT2D eigenvalue weighted by atomic mass is 19.4. The molecule has 2 fully saturated rings. The van der Waals surface area contributed by atoms with Gasteiger partial charge in [-0.3, -0.25) is 4.79 Å². The molecule has 2 heterocycles. The highest BCUT2D eigenvalue weighted by molar-refractivity contribution is 5.79. The molecule has 2 aliphatic rings. The molecule has 1 aliphatic carbocycles. The van der Waals surface area contributed by atoms with Crippen LogP contribution in [0.4, 0.5) is 13.2 Å². The van der Waals surface area contributed by atoms with Crippen LogP contribution in [0.3, 0.4) is 0 Å². The Kier molecular flexibility index (Phi) is 4.64. The number of amides is 1. The van der Waals surface area contributed by atoms with Crippen molar-refractivity contribution < 1.29 is 18.0 Å². The molecule has 3 atom stereocenters. The Morgan fingerprint density at radius 1 is 1.17 bits per heavy atom. The summed E-state index contributed by atoms with van der Waals surface area (Å²) in [5, 5.41) is 0. The Hall–Kier alpha value is -1.53. The van der Waals surface area contributed by atoms with Gasteiger partial charge in [0.2, 0.25) is 5.91 Å². The third-order valence-electron chi connectivity index (χ3n) is 5.14. The minimum absolute atomic E-state index is 0.0470. The number of carbonyl (C=O) groups is 1. The molecule has 128 valence electrons. The maximum absolute atomic E-state index is 12.9. The van der Waals surface area contributed by atoms with Crippen LogP contribution in [0, 0.1) is 11.8 Å². The maximum Gasteiger partial charge on any atom is 0.391 e. The fourth-order valence-electron chi connectivity index (χ4n) is 3.85. The second-order valence-electron chi connectivity index (χ2n) is 6.69. The van der Waals surface area contributed by atoms with Gasteiger partial charge in [-0.15, -0.1) is 0 Å². The first-order valence-electron chi connectivity index (χ1n) is 8.28. The summed E-state index contributed by atoms with van der Waals surface area (Å²) >= 11 is 0. The normalized spacial score (nSPS) is 29.5. The largest absolute Gasteiger partial charge is 0.391 e. The van der Waals surface area contributed by atoms with Gasteiger partial charge in [0.1, 0.15) is 0 Å². The lowest BCUT2D eigenvalue weighted by atomic mass is 9.80. The average molecular weight is 329 g/mol. The molecule has 4 nitrogen and oxygen atoms in total. The van der Waals surface area contributed by atoms with E-state index in [0.29, 0.717) is 25.9 Å². The number of rotatable bonds is 2. The van der Waals surface area contributed by atoms with Gasteiger partial charge in [-0.25, -0.2) is 4.98 Å². The zero-order valence-corrected chi connectivity index (χ0v) is 13.0. The quantitative estimate of drug-likeness (QED) is 0.834. The van der Waals surface area contributed by atoms with Crippen molar-refractivity contribution in [2.75, 3.05) is 13.1 Å². The van der Waals surface area contributed by atoms with Crippen LogP contribution >= 0.6 is 0 Å². The SMILES string of the molecule is O=C([C@@H]1CCC[C@H](C(F)(F)F)C1)N1CCC[C@@H](n2ccnc2)C1. The van der Waals surface area contributed by atoms with Gasteiger partial charge in [0.15, 0.2) is 0 Å². The molecule has 1 aromatic heterocycles. The topological polar surface area (TPSA) is 38.1 Å². The smallest absolute Gasteiger partial charge is 0.340 e. The predicted octanol–water partition coefficient (Wildman–Crippen LogP) is 3.42. The fourth-order valence-corrected chi connectivity index (χ4v) is 3.85. The van der Waals surface area contributed by atoms with Crippen LogP contribution in [0.15, 0.2) is 18.7 Å². The van der Waals surface area contributed by atoms with Crippen molar-refractivity contribution in [1.29, 1.82) is 0 Å². The molecule has 1 saturated heterocycles. The third kappa shape index (κ3) is 3.70. The summed E-state index contributed by atoms with van der Waals surface area (Å²) in [6.07, 6.45) is 4.16. The van der Waals surface area contributed by atoms with Gasteiger partial charge in [-0.05, 0) is 32.1 Å². The zero-order valence-electron chi connectivity index (χ0n) is 13.0. The van der Waals surface area contributed by atoms with E-state index in [1.165, 1.54) is 0 Å². The van der Waals surface area contributed by atoms with Gasteiger partial charge in [-0.1, -0.05) is 6.42 Å². The van der Waals surface area contributed by atoms with Crippen LogP contribution in [0.1, 0.15) is 44.6 Å². The van der Waals surface area contributed by atoms with Gasteiger partial charge < -0.3 is 9.47 Å². The van der Waals surface area contributed by atoms with Crippen LogP contribution in [0.25, 0.3) is 0 Å². The number of imidazole rings is 1. The van der Waals surface area contributed by atoms with E-state index in [-0.39, 0.29) is 24.8 Å². The molecule has 0 unspecified atom stereocenters. The molecule has 0 bridgehead atoms. The van der Waals surface area contributed by atoms with E-state index in [4.69, 9.17) is 0 Å². The molecule has 1 saturated carbocycles. The van der Waals surface area contributed by atoms with Crippen LogP contribution in [0.2, 0.25) is 0 Å². The highest BCUT2D eigenvalue weighted by Gasteiger charge is 2.44. The third-order valence-corrected chi connectivity index (χ3v) is 5.14. The first-order chi connectivity index (χ1) is 10.9. The standard InChI is InChI=1S/C16H22F3N3O/c17-16(18,19)13-4-1-3-12(9-13)15(23)21-7-2-5-14(10-21)22-8-6-20-11-22/h6,8,11-14H,1-5,7,9-10H2/t12-,13+,14-/m1/s1.